The lowest BCUT2D eigenvalue weighted by Crippen LogP contribution is -2.48. The van der Waals surface area contributed by atoms with Crippen LogP contribution in [0.25, 0.3) is 10.8 Å². The molecule has 0 aliphatic heterocycles. The highest BCUT2D eigenvalue weighted by atomic mass is 16.2. The Hall–Kier alpha value is -4.46. The maximum absolute atomic E-state index is 13.2. The SMILES string of the molecule is Cn1c(CNC(=O)C(Cc2ccccc2)NC(=O)c2ccc3ccccc3c2)cc(=O)n(C)c1=O. The lowest BCUT2D eigenvalue weighted by molar-refractivity contribution is -0.123. The van der Waals surface area contributed by atoms with Crippen molar-refractivity contribution in [1.82, 2.24) is 19.8 Å². The summed E-state index contributed by atoms with van der Waals surface area (Å²) in [6.07, 6.45) is 0.279. The second-order valence-electron chi connectivity index (χ2n) is 8.37. The second-order valence-corrected chi connectivity index (χ2v) is 8.37. The van der Waals surface area contributed by atoms with Gasteiger partial charge in [-0.05, 0) is 28.5 Å². The van der Waals surface area contributed by atoms with Crippen molar-refractivity contribution in [2.45, 2.75) is 19.0 Å². The van der Waals surface area contributed by atoms with E-state index >= 15 is 0 Å². The highest BCUT2D eigenvalue weighted by Crippen LogP contribution is 2.16. The number of amides is 2. The zero-order chi connectivity index (χ0) is 24.9. The molecule has 0 saturated heterocycles. The van der Waals surface area contributed by atoms with Crippen molar-refractivity contribution >= 4 is 22.6 Å². The smallest absolute Gasteiger partial charge is 0.330 e. The first kappa shape index (κ1) is 23.7. The van der Waals surface area contributed by atoms with Crippen LogP contribution >= 0.6 is 0 Å². The monoisotopic (exact) mass is 470 g/mol. The van der Waals surface area contributed by atoms with Gasteiger partial charge in [-0.25, -0.2) is 4.79 Å². The lowest BCUT2D eigenvalue weighted by Gasteiger charge is -2.19. The predicted octanol–water partition coefficient (Wildman–Crippen LogP) is 1.89. The Morgan fingerprint density at radius 1 is 0.829 bits per heavy atom. The van der Waals surface area contributed by atoms with Gasteiger partial charge >= 0.3 is 5.69 Å². The topological polar surface area (TPSA) is 102 Å². The molecule has 0 aliphatic carbocycles. The number of carbonyl (C=O) groups is 2. The van der Waals surface area contributed by atoms with Gasteiger partial charge in [0.25, 0.3) is 11.5 Å². The zero-order valence-electron chi connectivity index (χ0n) is 19.5. The molecule has 8 nitrogen and oxygen atoms in total. The summed E-state index contributed by atoms with van der Waals surface area (Å²) in [5.74, 6) is -0.788. The average molecular weight is 471 g/mol. The maximum atomic E-state index is 13.2. The Morgan fingerprint density at radius 2 is 1.51 bits per heavy atom. The fourth-order valence-corrected chi connectivity index (χ4v) is 3.88. The van der Waals surface area contributed by atoms with E-state index in [-0.39, 0.29) is 18.9 Å². The number of carbonyl (C=O) groups excluding carboxylic acids is 2. The van der Waals surface area contributed by atoms with Crippen LogP contribution in [0.15, 0.2) is 88.5 Å². The molecule has 0 aliphatic rings. The van der Waals surface area contributed by atoms with Crippen molar-refractivity contribution in [3.63, 3.8) is 0 Å². The van der Waals surface area contributed by atoms with E-state index in [1.807, 2.05) is 60.7 Å². The van der Waals surface area contributed by atoms with Gasteiger partial charge in [-0.15, -0.1) is 0 Å². The molecule has 0 spiro atoms. The molecule has 0 bridgehead atoms. The Morgan fingerprint density at radius 3 is 2.26 bits per heavy atom. The van der Waals surface area contributed by atoms with Gasteiger partial charge < -0.3 is 10.6 Å². The van der Waals surface area contributed by atoms with E-state index < -0.39 is 23.2 Å². The number of nitrogens with zero attached hydrogens (tertiary/aromatic N) is 2. The van der Waals surface area contributed by atoms with Crippen molar-refractivity contribution in [2.24, 2.45) is 14.1 Å². The highest BCUT2D eigenvalue weighted by Gasteiger charge is 2.22. The molecule has 4 aromatic rings. The van der Waals surface area contributed by atoms with Crippen LogP contribution < -0.4 is 21.9 Å². The number of hydrogen-bond donors (Lipinski definition) is 2. The van der Waals surface area contributed by atoms with E-state index in [0.717, 1.165) is 20.9 Å². The number of rotatable bonds is 7. The Balaban J connectivity index is 1.55. The summed E-state index contributed by atoms with van der Waals surface area (Å²) < 4.78 is 2.30. The number of hydrogen-bond acceptors (Lipinski definition) is 4. The molecule has 3 aromatic carbocycles. The summed E-state index contributed by atoms with van der Waals surface area (Å²) in [7, 11) is 2.93. The molecule has 1 unspecified atom stereocenters. The van der Waals surface area contributed by atoms with Crippen molar-refractivity contribution in [2.75, 3.05) is 0 Å². The quantitative estimate of drug-likeness (QED) is 0.431. The fourth-order valence-electron chi connectivity index (χ4n) is 3.88. The number of fused-ring (bicyclic) bond motifs is 1. The molecular formula is C27H26N4O4. The molecule has 2 N–H and O–H groups in total. The molecule has 4 rings (SSSR count). The molecular weight excluding hydrogens is 444 g/mol. The molecule has 1 aromatic heterocycles. The van der Waals surface area contributed by atoms with Crippen LogP contribution in [0.2, 0.25) is 0 Å². The van der Waals surface area contributed by atoms with E-state index in [0.29, 0.717) is 11.3 Å². The van der Waals surface area contributed by atoms with Crippen molar-refractivity contribution < 1.29 is 9.59 Å². The largest absolute Gasteiger partial charge is 0.349 e. The first-order chi connectivity index (χ1) is 16.8. The number of aromatic nitrogens is 2. The van der Waals surface area contributed by atoms with Crippen LogP contribution in [-0.2, 0) is 31.9 Å². The summed E-state index contributed by atoms with van der Waals surface area (Å²) in [6, 6.07) is 22.9. The third kappa shape index (κ3) is 5.38. The van der Waals surface area contributed by atoms with Gasteiger partial charge in [-0.1, -0.05) is 60.7 Å². The van der Waals surface area contributed by atoms with E-state index in [9.17, 15) is 19.2 Å². The van der Waals surface area contributed by atoms with Gasteiger partial charge in [0.05, 0.1) is 6.54 Å². The zero-order valence-corrected chi connectivity index (χ0v) is 19.5. The Bertz CT molecular complexity index is 1510. The lowest BCUT2D eigenvalue weighted by atomic mass is 10.0. The first-order valence-electron chi connectivity index (χ1n) is 11.2. The molecule has 0 radical (unpaired) electrons. The standard InChI is InChI=1S/C27H26N4O4/c1-30-22(16-24(32)31(2)27(30)35)17-28-26(34)23(14-18-8-4-3-5-9-18)29-25(33)21-13-12-19-10-6-7-11-20(19)15-21/h3-13,15-16,23H,14,17H2,1-2H3,(H,28,34)(H,29,33). The van der Waals surface area contributed by atoms with Crippen LogP contribution in [0.5, 0.6) is 0 Å². The molecule has 8 heteroatoms. The van der Waals surface area contributed by atoms with Crippen LogP contribution in [-0.4, -0.2) is 27.0 Å². The van der Waals surface area contributed by atoms with Gasteiger partial charge in [0.1, 0.15) is 6.04 Å². The minimum absolute atomic E-state index is 0.0300. The fraction of sp³-hybridized carbons (Fsp3) is 0.185. The Labute approximate surface area is 201 Å². The summed E-state index contributed by atoms with van der Waals surface area (Å²) in [4.78, 5) is 50.4. The summed E-state index contributed by atoms with van der Waals surface area (Å²) in [5, 5.41) is 7.55. The molecule has 35 heavy (non-hydrogen) atoms. The summed E-state index contributed by atoms with van der Waals surface area (Å²) in [6.45, 7) is -0.0300. The van der Waals surface area contributed by atoms with Gasteiger partial charge in [0, 0.05) is 37.8 Å². The number of benzene rings is 3. The highest BCUT2D eigenvalue weighted by molar-refractivity contribution is 6.00. The Kier molecular flexibility index (Phi) is 6.91. The molecule has 0 saturated carbocycles. The third-order valence-electron chi connectivity index (χ3n) is 5.99. The van der Waals surface area contributed by atoms with Gasteiger partial charge in [0.15, 0.2) is 0 Å². The van der Waals surface area contributed by atoms with Crippen molar-refractivity contribution in [3.8, 4) is 0 Å². The maximum Gasteiger partial charge on any atom is 0.330 e. The molecule has 2 amide bonds. The second kappa shape index (κ2) is 10.2. The van der Waals surface area contributed by atoms with Crippen LogP contribution in [0.4, 0.5) is 0 Å². The molecule has 178 valence electrons. The summed E-state index contributed by atoms with van der Waals surface area (Å²) in [5.41, 5.74) is 0.761. The van der Waals surface area contributed by atoms with E-state index in [4.69, 9.17) is 0 Å². The minimum Gasteiger partial charge on any atom is -0.349 e. The molecule has 1 heterocycles. The van der Waals surface area contributed by atoms with Gasteiger partial charge in [0.2, 0.25) is 5.91 Å². The van der Waals surface area contributed by atoms with E-state index in [2.05, 4.69) is 10.6 Å². The first-order valence-corrected chi connectivity index (χ1v) is 11.2. The molecule has 0 fully saturated rings. The normalized spacial score (nSPS) is 11.7. The summed E-state index contributed by atoms with van der Waals surface area (Å²) >= 11 is 0. The minimum atomic E-state index is -0.861. The predicted molar refractivity (Wildman–Crippen MR) is 134 cm³/mol. The molecule has 1 atom stereocenters. The van der Waals surface area contributed by atoms with Crippen LogP contribution in [0, 0.1) is 0 Å². The van der Waals surface area contributed by atoms with Crippen LogP contribution in [0.1, 0.15) is 21.6 Å². The van der Waals surface area contributed by atoms with Crippen molar-refractivity contribution in [1.29, 1.82) is 0 Å². The average Bonchev–Trinajstić information content (AvgIpc) is 2.88. The van der Waals surface area contributed by atoms with E-state index in [1.54, 1.807) is 12.1 Å². The third-order valence-corrected chi connectivity index (χ3v) is 5.99. The van der Waals surface area contributed by atoms with Crippen LogP contribution in [0.3, 0.4) is 0 Å². The number of nitrogens with one attached hydrogen (secondary N) is 2. The van der Waals surface area contributed by atoms with E-state index in [1.165, 1.54) is 24.7 Å². The van der Waals surface area contributed by atoms with Gasteiger partial charge in [-0.3, -0.25) is 23.5 Å². The van der Waals surface area contributed by atoms with Crippen molar-refractivity contribution in [3.05, 3.63) is 117 Å². The van der Waals surface area contributed by atoms with Gasteiger partial charge in [-0.2, -0.15) is 0 Å².